The van der Waals surface area contributed by atoms with E-state index >= 15 is 0 Å². The van der Waals surface area contributed by atoms with Gasteiger partial charge in [0.15, 0.2) is 0 Å². The first-order chi connectivity index (χ1) is 9.82. The van der Waals surface area contributed by atoms with E-state index < -0.39 is 0 Å². The first-order valence-corrected chi connectivity index (χ1v) is 8.01. The second-order valence-corrected chi connectivity index (χ2v) is 7.46. The van der Waals surface area contributed by atoms with E-state index in [1.54, 1.807) is 0 Å². The molecule has 0 bridgehead atoms. The van der Waals surface area contributed by atoms with Gasteiger partial charge in [0.05, 0.1) is 6.04 Å². The second kappa shape index (κ2) is 6.49. The minimum absolute atomic E-state index is 0.135. The van der Waals surface area contributed by atoms with Crippen molar-refractivity contribution in [2.75, 3.05) is 0 Å². The average molecular weight is 368 g/mol. The zero-order chi connectivity index (χ0) is 15.6. The number of hydrogen-bond acceptors (Lipinski definition) is 2. The van der Waals surface area contributed by atoms with Crippen molar-refractivity contribution in [3.8, 4) is 0 Å². The molecule has 112 valence electrons. The largest absolute Gasteiger partial charge is 0.271 e. The predicted molar refractivity (Wildman–Crippen MR) is 93.5 cm³/mol. The Morgan fingerprint density at radius 2 is 1.71 bits per heavy atom. The van der Waals surface area contributed by atoms with E-state index in [2.05, 4.69) is 66.4 Å². The maximum absolute atomic E-state index is 6.31. The smallest absolute Gasteiger partial charge is 0.0724 e. The van der Waals surface area contributed by atoms with Gasteiger partial charge in [-0.15, -0.1) is 0 Å². The standard InChI is InChI=1S/C17H20BrClN2/c1-17(2,3)12-6-4-11(5-7-12)16(21-20)14-10-13(18)8-9-15(14)19/h4-10,16,21H,20H2,1-3H3. The van der Waals surface area contributed by atoms with E-state index in [4.69, 9.17) is 17.4 Å². The van der Waals surface area contributed by atoms with Gasteiger partial charge in [-0.1, -0.05) is 72.6 Å². The van der Waals surface area contributed by atoms with Gasteiger partial charge in [-0.05, 0) is 40.3 Å². The molecule has 0 aromatic heterocycles. The highest BCUT2D eigenvalue weighted by Crippen LogP contribution is 2.31. The molecule has 0 aliphatic rings. The van der Waals surface area contributed by atoms with Crippen LogP contribution in [0.1, 0.15) is 43.5 Å². The molecule has 0 heterocycles. The summed E-state index contributed by atoms with van der Waals surface area (Å²) in [5.74, 6) is 5.76. The molecule has 21 heavy (non-hydrogen) atoms. The molecule has 0 saturated carbocycles. The molecule has 0 aliphatic carbocycles. The molecule has 2 rings (SSSR count). The lowest BCUT2D eigenvalue weighted by Crippen LogP contribution is -2.29. The van der Waals surface area contributed by atoms with Crippen molar-refractivity contribution < 1.29 is 0 Å². The molecule has 3 N–H and O–H groups in total. The van der Waals surface area contributed by atoms with Crippen LogP contribution in [0.3, 0.4) is 0 Å². The molecular formula is C17H20BrClN2. The van der Waals surface area contributed by atoms with Crippen LogP contribution in [0.2, 0.25) is 5.02 Å². The molecule has 0 fully saturated rings. The third kappa shape index (κ3) is 3.86. The van der Waals surface area contributed by atoms with Crippen LogP contribution in [0.25, 0.3) is 0 Å². The Morgan fingerprint density at radius 1 is 1.10 bits per heavy atom. The van der Waals surface area contributed by atoms with E-state index in [1.807, 2.05) is 18.2 Å². The summed E-state index contributed by atoms with van der Waals surface area (Å²) in [4.78, 5) is 0. The molecule has 2 nitrogen and oxygen atoms in total. The minimum atomic E-state index is -0.135. The van der Waals surface area contributed by atoms with Crippen molar-refractivity contribution in [1.82, 2.24) is 5.43 Å². The quantitative estimate of drug-likeness (QED) is 0.595. The molecule has 1 atom stereocenters. The molecule has 2 aromatic rings. The molecular weight excluding hydrogens is 348 g/mol. The van der Waals surface area contributed by atoms with Gasteiger partial charge in [0.1, 0.15) is 0 Å². The number of nitrogens with two attached hydrogens (primary N) is 1. The fourth-order valence-corrected chi connectivity index (χ4v) is 2.88. The zero-order valence-corrected chi connectivity index (χ0v) is 14.8. The normalized spacial score (nSPS) is 13.2. The summed E-state index contributed by atoms with van der Waals surface area (Å²) in [6.45, 7) is 6.60. The van der Waals surface area contributed by atoms with Crippen molar-refractivity contribution in [2.24, 2.45) is 5.84 Å². The first kappa shape index (κ1) is 16.5. The molecule has 0 radical (unpaired) electrons. The predicted octanol–water partition coefficient (Wildman–Crippen LogP) is 4.95. The third-order valence-corrected chi connectivity index (χ3v) is 4.38. The Labute approximate surface area is 139 Å². The molecule has 0 amide bonds. The van der Waals surface area contributed by atoms with Gasteiger partial charge in [0.2, 0.25) is 0 Å². The number of benzene rings is 2. The van der Waals surface area contributed by atoms with Crippen LogP contribution in [0.4, 0.5) is 0 Å². The van der Waals surface area contributed by atoms with Crippen LogP contribution < -0.4 is 11.3 Å². The van der Waals surface area contributed by atoms with Gasteiger partial charge in [-0.3, -0.25) is 5.84 Å². The Kier molecular flexibility index (Phi) is 5.10. The minimum Gasteiger partial charge on any atom is -0.271 e. The summed E-state index contributed by atoms with van der Waals surface area (Å²) in [5.41, 5.74) is 6.33. The van der Waals surface area contributed by atoms with E-state index in [0.29, 0.717) is 5.02 Å². The van der Waals surface area contributed by atoms with E-state index in [9.17, 15) is 0 Å². The zero-order valence-electron chi connectivity index (χ0n) is 12.5. The van der Waals surface area contributed by atoms with Crippen LogP contribution in [0.5, 0.6) is 0 Å². The molecule has 0 spiro atoms. The second-order valence-electron chi connectivity index (χ2n) is 6.14. The topological polar surface area (TPSA) is 38.0 Å². The van der Waals surface area contributed by atoms with E-state index in [-0.39, 0.29) is 11.5 Å². The van der Waals surface area contributed by atoms with Crippen molar-refractivity contribution in [3.63, 3.8) is 0 Å². The maximum atomic E-state index is 6.31. The van der Waals surface area contributed by atoms with Crippen molar-refractivity contribution >= 4 is 27.5 Å². The average Bonchev–Trinajstić information content (AvgIpc) is 2.43. The SMILES string of the molecule is CC(C)(C)c1ccc(C(NN)c2cc(Br)ccc2Cl)cc1. The van der Waals surface area contributed by atoms with Crippen molar-refractivity contribution in [3.05, 3.63) is 68.7 Å². The van der Waals surface area contributed by atoms with Gasteiger partial charge in [0.25, 0.3) is 0 Å². The monoisotopic (exact) mass is 366 g/mol. The van der Waals surface area contributed by atoms with E-state index in [0.717, 1.165) is 15.6 Å². The molecule has 0 aliphatic heterocycles. The van der Waals surface area contributed by atoms with Crippen LogP contribution in [0, 0.1) is 0 Å². The van der Waals surface area contributed by atoms with Gasteiger partial charge in [-0.25, -0.2) is 5.43 Å². The molecule has 0 saturated heterocycles. The summed E-state index contributed by atoms with van der Waals surface area (Å²) in [7, 11) is 0. The highest BCUT2D eigenvalue weighted by molar-refractivity contribution is 9.10. The Morgan fingerprint density at radius 3 is 2.24 bits per heavy atom. The summed E-state index contributed by atoms with van der Waals surface area (Å²) >= 11 is 9.78. The molecule has 2 aromatic carbocycles. The van der Waals surface area contributed by atoms with Crippen LogP contribution in [0.15, 0.2) is 46.9 Å². The maximum Gasteiger partial charge on any atom is 0.0724 e. The highest BCUT2D eigenvalue weighted by Gasteiger charge is 2.18. The lowest BCUT2D eigenvalue weighted by atomic mass is 9.86. The highest BCUT2D eigenvalue weighted by atomic mass is 79.9. The number of hydrazine groups is 1. The number of hydrogen-bond donors (Lipinski definition) is 2. The lowest BCUT2D eigenvalue weighted by Gasteiger charge is -2.22. The van der Waals surface area contributed by atoms with Gasteiger partial charge in [-0.2, -0.15) is 0 Å². The van der Waals surface area contributed by atoms with Crippen LogP contribution in [-0.2, 0) is 5.41 Å². The van der Waals surface area contributed by atoms with E-state index in [1.165, 1.54) is 5.56 Å². The fraction of sp³-hybridized carbons (Fsp3) is 0.294. The van der Waals surface area contributed by atoms with Gasteiger partial charge < -0.3 is 0 Å². The summed E-state index contributed by atoms with van der Waals surface area (Å²) < 4.78 is 0.980. The Balaban J connectivity index is 2.40. The first-order valence-electron chi connectivity index (χ1n) is 6.84. The number of rotatable bonds is 3. The Bertz CT molecular complexity index is 618. The molecule has 4 heteroatoms. The third-order valence-electron chi connectivity index (χ3n) is 3.55. The lowest BCUT2D eigenvalue weighted by molar-refractivity contribution is 0.588. The summed E-state index contributed by atoms with van der Waals surface area (Å²) in [6, 6.07) is 14.1. The van der Waals surface area contributed by atoms with Crippen molar-refractivity contribution in [1.29, 1.82) is 0 Å². The van der Waals surface area contributed by atoms with Gasteiger partial charge in [0, 0.05) is 9.50 Å². The summed E-state index contributed by atoms with van der Waals surface area (Å²) in [5, 5.41) is 0.695. The van der Waals surface area contributed by atoms with Crippen LogP contribution in [-0.4, -0.2) is 0 Å². The molecule has 1 unspecified atom stereocenters. The fourth-order valence-electron chi connectivity index (χ4n) is 2.28. The summed E-state index contributed by atoms with van der Waals surface area (Å²) in [6.07, 6.45) is 0. The van der Waals surface area contributed by atoms with Crippen LogP contribution >= 0.6 is 27.5 Å². The van der Waals surface area contributed by atoms with Crippen molar-refractivity contribution in [2.45, 2.75) is 32.2 Å². The number of nitrogens with one attached hydrogen (secondary N) is 1. The Hall–Kier alpha value is -0.870. The number of halogens is 2. The van der Waals surface area contributed by atoms with Gasteiger partial charge >= 0.3 is 0 Å².